The van der Waals surface area contributed by atoms with Crippen LogP contribution in [-0.4, -0.2) is 39.6 Å². The predicted octanol–water partition coefficient (Wildman–Crippen LogP) is 3.99. The van der Waals surface area contributed by atoms with E-state index in [1.165, 1.54) is 30.4 Å². The Morgan fingerprint density at radius 1 is 1.27 bits per heavy atom. The third kappa shape index (κ3) is 3.14. The number of aromatic nitrogens is 2. The molecule has 3 aromatic rings. The highest BCUT2D eigenvalue weighted by Gasteiger charge is 2.27. The van der Waals surface area contributed by atoms with Crippen LogP contribution >= 0.6 is 11.3 Å². The fourth-order valence-corrected chi connectivity index (χ4v) is 4.15. The zero-order chi connectivity index (χ0) is 18.3. The molecule has 0 aliphatic carbocycles. The minimum absolute atomic E-state index is 0.0194. The molecule has 4 rings (SSSR count). The molecule has 2 aromatic heterocycles. The molecule has 0 bridgehead atoms. The Balaban J connectivity index is 1.44. The van der Waals surface area contributed by atoms with E-state index in [2.05, 4.69) is 9.97 Å². The first-order valence-electron chi connectivity index (χ1n) is 8.55. The molecule has 0 unspecified atom stereocenters. The molecule has 1 fully saturated rings. The molecule has 7 heteroatoms. The third-order valence-corrected chi connectivity index (χ3v) is 5.86. The number of nitrogens with zero attached hydrogens (tertiary/aromatic N) is 2. The highest BCUT2D eigenvalue weighted by Crippen LogP contribution is 2.29. The normalized spacial score (nSPS) is 15.5. The molecular weight excluding hydrogens is 353 g/mol. The van der Waals surface area contributed by atoms with Crippen molar-refractivity contribution in [3.63, 3.8) is 0 Å². The summed E-state index contributed by atoms with van der Waals surface area (Å²) in [5, 5.41) is 1.75. The van der Waals surface area contributed by atoms with Gasteiger partial charge in [0, 0.05) is 24.4 Å². The summed E-state index contributed by atoms with van der Waals surface area (Å²) < 4.78 is 13.3. The Labute approximate surface area is 153 Å². The number of fused-ring (bicyclic) bond motifs is 1. The van der Waals surface area contributed by atoms with Gasteiger partial charge >= 0.3 is 0 Å². The molecular formula is C19H18FN3O2S. The first-order valence-corrected chi connectivity index (χ1v) is 9.43. The summed E-state index contributed by atoms with van der Waals surface area (Å²) in [7, 11) is 0. The number of rotatable bonds is 3. The largest absolute Gasteiger partial charge is 0.342 e. The minimum Gasteiger partial charge on any atom is -0.342 e. The van der Waals surface area contributed by atoms with E-state index in [4.69, 9.17) is 0 Å². The number of piperidine rings is 1. The third-order valence-electron chi connectivity index (χ3n) is 4.82. The number of hydrogen-bond acceptors (Lipinski definition) is 4. The summed E-state index contributed by atoms with van der Waals surface area (Å²) in [6.45, 7) is 2.78. The van der Waals surface area contributed by atoms with Crippen LogP contribution in [0.3, 0.4) is 0 Å². The van der Waals surface area contributed by atoms with Crippen molar-refractivity contribution in [2.75, 3.05) is 13.1 Å². The van der Waals surface area contributed by atoms with Crippen LogP contribution in [0.4, 0.5) is 4.39 Å². The number of halogens is 1. The number of H-pyrrole nitrogens is 1. The van der Waals surface area contributed by atoms with Crippen LogP contribution in [0.2, 0.25) is 0 Å². The smallest absolute Gasteiger partial charge is 0.254 e. The number of likely N-dealkylation sites (tertiary alicyclic amines) is 1. The Morgan fingerprint density at radius 2 is 2.04 bits per heavy atom. The lowest BCUT2D eigenvalue weighted by Crippen LogP contribution is -2.37. The zero-order valence-electron chi connectivity index (χ0n) is 14.3. The second-order valence-electron chi connectivity index (χ2n) is 6.61. The lowest BCUT2D eigenvalue weighted by atomic mass is 9.96. The van der Waals surface area contributed by atoms with Crippen LogP contribution in [0, 0.1) is 5.82 Å². The zero-order valence-corrected chi connectivity index (χ0v) is 15.1. The number of benzene rings is 1. The molecule has 3 heterocycles. The van der Waals surface area contributed by atoms with Gasteiger partial charge in [-0.1, -0.05) is 0 Å². The molecule has 5 nitrogen and oxygen atoms in total. The highest BCUT2D eigenvalue weighted by atomic mass is 32.1. The van der Waals surface area contributed by atoms with Gasteiger partial charge in [0.15, 0.2) is 5.78 Å². The quantitative estimate of drug-likeness (QED) is 0.708. The lowest BCUT2D eigenvalue weighted by molar-refractivity contribution is 0.0712. The summed E-state index contributed by atoms with van der Waals surface area (Å²) >= 11 is 1.31. The molecule has 26 heavy (non-hydrogen) atoms. The highest BCUT2D eigenvalue weighted by molar-refractivity contribution is 7.12. The van der Waals surface area contributed by atoms with Gasteiger partial charge in [0.2, 0.25) is 0 Å². The Hall–Kier alpha value is -2.54. The van der Waals surface area contributed by atoms with Gasteiger partial charge in [-0.15, -0.1) is 11.3 Å². The second-order valence-corrected chi connectivity index (χ2v) is 7.52. The molecule has 134 valence electrons. The number of Topliss-reactive ketones (excluding diaryl/α,β-unsaturated/α-hetero) is 1. The summed E-state index contributed by atoms with van der Waals surface area (Å²) in [4.78, 5) is 34.2. The van der Waals surface area contributed by atoms with Crippen molar-refractivity contribution >= 4 is 34.1 Å². The van der Waals surface area contributed by atoms with Gasteiger partial charge in [-0.2, -0.15) is 0 Å². The van der Waals surface area contributed by atoms with E-state index >= 15 is 0 Å². The van der Waals surface area contributed by atoms with Crippen LogP contribution in [0.25, 0.3) is 11.0 Å². The maximum Gasteiger partial charge on any atom is 0.254 e. The van der Waals surface area contributed by atoms with Gasteiger partial charge < -0.3 is 9.88 Å². The number of imidazole rings is 1. The van der Waals surface area contributed by atoms with Crippen molar-refractivity contribution in [2.45, 2.75) is 25.7 Å². The summed E-state index contributed by atoms with van der Waals surface area (Å²) in [5.74, 6) is 0.749. The average molecular weight is 371 g/mol. The number of amides is 1. The van der Waals surface area contributed by atoms with Crippen molar-refractivity contribution in [1.82, 2.24) is 14.9 Å². The number of carbonyl (C=O) groups excluding carboxylic acids is 2. The van der Waals surface area contributed by atoms with Crippen molar-refractivity contribution < 1.29 is 14.0 Å². The van der Waals surface area contributed by atoms with Crippen LogP contribution in [0.5, 0.6) is 0 Å². The van der Waals surface area contributed by atoms with E-state index in [0.717, 1.165) is 24.2 Å². The second kappa shape index (κ2) is 6.64. The molecule has 0 radical (unpaired) electrons. The van der Waals surface area contributed by atoms with E-state index in [1.54, 1.807) is 17.5 Å². The van der Waals surface area contributed by atoms with E-state index in [0.29, 0.717) is 29.0 Å². The summed E-state index contributed by atoms with van der Waals surface area (Å²) in [6, 6.07) is 6.21. The fourth-order valence-electron chi connectivity index (χ4n) is 3.37. The summed E-state index contributed by atoms with van der Waals surface area (Å²) in [6.07, 6.45) is 1.61. The van der Waals surface area contributed by atoms with Gasteiger partial charge in [0.25, 0.3) is 5.91 Å². The van der Waals surface area contributed by atoms with Gasteiger partial charge in [0.05, 0.1) is 21.5 Å². The van der Waals surface area contributed by atoms with E-state index in [9.17, 15) is 14.0 Å². The standard InChI is InChI=1S/C19H18FN3O2S/c1-11(24)17-8-13(10-26-17)19(25)23-6-4-12(5-7-23)18-21-15-3-2-14(20)9-16(15)22-18/h2-3,8-10,12H,4-7H2,1H3,(H,21,22). The SMILES string of the molecule is CC(=O)c1cc(C(=O)N2CCC(c3nc4ccc(F)cc4[nH]3)CC2)cs1. The molecule has 0 spiro atoms. The maximum atomic E-state index is 13.3. The van der Waals surface area contributed by atoms with E-state index in [-0.39, 0.29) is 23.4 Å². The number of nitrogens with one attached hydrogen (secondary N) is 1. The monoisotopic (exact) mass is 371 g/mol. The van der Waals surface area contributed by atoms with Gasteiger partial charge in [-0.3, -0.25) is 9.59 Å². The number of aromatic amines is 1. The average Bonchev–Trinajstić information content (AvgIpc) is 3.28. The Kier molecular flexibility index (Phi) is 4.32. The number of hydrogen-bond donors (Lipinski definition) is 1. The van der Waals surface area contributed by atoms with Crippen LogP contribution in [0.1, 0.15) is 51.5 Å². The fraction of sp³-hybridized carbons (Fsp3) is 0.316. The molecule has 1 aliphatic heterocycles. The van der Waals surface area contributed by atoms with Crippen LogP contribution < -0.4 is 0 Å². The van der Waals surface area contributed by atoms with Crippen molar-refractivity contribution in [3.05, 3.63) is 51.7 Å². The summed E-state index contributed by atoms with van der Waals surface area (Å²) in [5.41, 5.74) is 2.04. The van der Waals surface area contributed by atoms with Gasteiger partial charge in [-0.05, 0) is 44.0 Å². The van der Waals surface area contributed by atoms with Crippen LogP contribution in [0.15, 0.2) is 29.6 Å². The first-order chi connectivity index (χ1) is 12.5. The molecule has 1 amide bonds. The minimum atomic E-state index is -0.284. The first kappa shape index (κ1) is 16.9. The Morgan fingerprint density at radius 3 is 2.73 bits per heavy atom. The van der Waals surface area contributed by atoms with Crippen molar-refractivity contribution in [3.8, 4) is 0 Å². The van der Waals surface area contributed by atoms with E-state index < -0.39 is 0 Å². The molecule has 0 atom stereocenters. The molecule has 1 aromatic carbocycles. The Bertz CT molecular complexity index is 986. The number of thiophene rings is 1. The van der Waals surface area contributed by atoms with Gasteiger partial charge in [-0.25, -0.2) is 9.37 Å². The van der Waals surface area contributed by atoms with Crippen molar-refractivity contribution in [2.24, 2.45) is 0 Å². The molecule has 0 saturated carbocycles. The lowest BCUT2D eigenvalue weighted by Gasteiger charge is -2.31. The molecule has 1 N–H and O–H groups in total. The van der Waals surface area contributed by atoms with Crippen LogP contribution in [-0.2, 0) is 0 Å². The van der Waals surface area contributed by atoms with Gasteiger partial charge in [0.1, 0.15) is 11.6 Å². The van der Waals surface area contributed by atoms with E-state index in [1.807, 2.05) is 4.90 Å². The topological polar surface area (TPSA) is 66.1 Å². The molecule has 1 saturated heterocycles. The molecule has 1 aliphatic rings. The number of ketones is 1. The number of carbonyl (C=O) groups is 2. The predicted molar refractivity (Wildman–Crippen MR) is 98.3 cm³/mol. The van der Waals surface area contributed by atoms with Crippen molar-refractivity contribution in [1.29, 1.82) is 0 Å². The maximum absolute atomic E-state index is 13.3.